The van der Waals surface area contributed by atoms with E-state index in [9.17, 15) is 10.0 Å². The van der Waals surface area contributed by atoms with Crippen LogP contribution in [0.15, 0.2) is 5.29 Å². The minimum absolute atomic E-state index is 0.0187. The Morgan fingerprint density at radius 2 is 2.13 bits per heavy atom. The van der Waals surface area contributed by atoms with Gasteiger partial charge in [0.25, 0.3) is 5.88 Å². The first-order valence-corrected chi connectivity index (χ1v) is 8.22. The van der Waals surface area contributed by atoms with Crippen molar-refractivity contribution >= 4 is 17.5 Å². The van der Waals surface area contributed by atoms with Crippen molar-refractivity contribution in [2.24, 2.45) is 5.29 Å². The van der Waals surface area contributed by atoms with Crippen LogP contribution in [0.1, 0.15) is 20.8 Å². The Morgan fingerprint density at radius 3 is 2.74 bits per heavy atom. The van der Waals surface area contributed by atoms with Crippen LogP contribution in [0.4, 0.5) is 5.82 Å². The van der Waals surface area contributed by atoms with Crippen LogP contribution in [0.2, 0.25) is 0 Å². The lowest BCUT2D eigenvalue weighted by Crippen LogP contribution is -2.43. The first-order chi connectivity index (χ1) is 10.9. The molecule has 1 saturated heterocycles. The van der Waals surface area contributed by atoms with Crippen molar-refractivity contribution in [3.8, 4) is 5.88 Å². The fraction of sp³-hybridized carbons (Fsp3) is 0.846. The minimum atomic E-state index is -0.855. The molecule has 0 bridgehead atoms. The summed E-state index contributed by atoms with van der Waals surface area (Å²) in [5, 5.41) is 14.3. The van der Waals surface area contributed by atoms with Crippen molar-refractivity contribution in [2.45, 2.75) is 32.4 Å². The monoisotopic (exact) mass is 345 g/mol. The molecule has 1 aliphatic heterocycles. The molecular weight excluding hydrogens is 322 g/mol. The first-order valence-electron chi connectivity index (χ1n) is 7.49. The molecule has 0 unspecified atom stereocenters. The maximum Gasteiger partial charge on any atom is 0.270 e. The van der Waals surface area contributed by atoms with Gasteiger partial charge in [-0.2, -0.15) is 4.37 Å². The number of aliphatic hydroxyl groups is 1. The van der Waals surface area contributed by atoms with Gasteiger partial charge in [0.1, 0.15) is 12.7 Å². The molecule has 10 heteroatoms. The van der Waals surface area contributed by atoms with E-state index in [-0.39, 0.29) is 13.2 Å². The predicted octanol–water partition coefficient (Wildman–Crippen LogP) is 0.896. The van der Waals surface area contributed by atoms with E-state index in [4.69, 9.17) is 9.47 Å². The number of ether oxygens (including phenoxy) is 2. The molecule has 0 aromatic carbocycles. The molecule has 0 saturated carbocycles. The normalized spacial score (nSPS) is 17.0. The summed E-state index contributed by atoms with van der Waals surface area (Å²) in [6, 6.07) is 0. The number of rotatable bonds is 7. The molecular formula is C13H23N5O4S. The molecule has 9 nitrogen and oxygen atoms in total. The Kier molecular flexibility index (Phi) is 6.08. The molecule has 1 aromatic heterocycles. The van der Waals surface area contributed by atoms with Gasteiger partial charge in [-0.15, -0.1) is 9.28 Å². The second kappa shape index (κ2) is 7.84. The molecule has 0 spiro atoms. The van der Waals surface area contributed by atoms with Gasteiger partial charge in [0, 0.05) is 13.1 Å². The summed E-state index contributed by atoms with van der Waals surface area (Å²) in [5.41, 5.74) is -0.454. The summed E-state index contributed by atoms with van der Waals surface area (Å²) in [6.07, 6.45) is -0.855. The van der Waals surface area contributed by atoms with Gasteiger partial charge < -0.3 is 19.5 Å². The van der Waals surface area contributed by atoms with Gasteiger partial charge in [-0.25, -0.2) is 0 Å². The molecule has 130 valence electrons. The average molecular weight is 345 g/mol. The third-order valence-corrected chi connectivity index (χ3v) is 3.92. The molecule has 2 heterocycles. The smallest absolute Gasteiger partial charge is 0.270 e. The van der Waals surface area contributed by atoms with Crippen molar-refractivity contribution in [3.63, 3.8) is 0 Å². The van der Waals surface area contributed by atoms with Gasteiger partial charge in [-0.3, -0.25) is 5.01 Å². The molecule has 0 amide bonds. The maximum atomic E-state index is 10.9. The SMILES string of the molecule is CC(C)(C)N(C[C@@H](O)COc1nsnc1N1CCOCC1)N=O. The number of hydrogen-bond donors (Lipinski definition) is 1. The summed E-state index contributed by atoms with van der Waals surface area (Å²) in [4.78, 5) is 12.9. The van der Waals surface area contributed by atoms with Crippen molar-refractivity contribution in [3.05, 3.63) is 4.91 Å². The Labute approximate surface area is 139 Å². The molecule has 1 aliphatic rings. The zero-order chi connectivity index (χ0) is 16.9. The zero-order valence-corrected chi connectivity index (χ0v) is 14.5. The highest BCUT2D eigenvalue weighted by Gasteiger charge is 2.25. The van der Waals surface area contributed by atoms with E-state index in [0.29, 0.717) is 24.9 Å². The predicted molar refractivity (Wildman–Crippen MR) is 86.7 cm³/mol. The van der Waals surface area contributed by atoms with E-state index < -0.39 is 11.6 Å². The molecule has 1 atom stereocenters. The van der Waals surface area contributed by atoms with Gasteiger partial charge in [0.15, 0.2) is 0 Å². The molecule has 23 heavy (non-hydrogen) atoms. The van der Waals surface area contributed by atoms with E-state index >= 15 is 0 Å². The number of aromatic nitrogens is 2. The lowest BCUT2D eigenvalue weighted by atomic mass is 10.1. The van der Waals surface area contributed by atoms with Gasteiger partial charge in [-0.05, 0) is 20.8 Å². The topological polar surface area (TPSA) is 100 Å². The van der Waals surface area contributed by atoms with Crippen LogP contribution in [-0.4, -0.2) is 70.0 Å². The van der Waals surface area contributed by atoms with Crippen molar-refractivity contribution in [1.29, 1.82) is 0 Å². The van der Waals surface area contributed by atoms with E-state index in [0.717, 1.165) is 24.8 Å². The number of aliphatic hydroxyl groups excluding tert-OH is 1. The van der Waals surface area contributed by atoms with Gasteiger partial charge in [-0.1, -0.05) is 0 Å². The molecule has 0 radical (unpaired) electrons. The molecule has 1 fully saturated rings. The Balaban J connectivity index is 1.88. The number of anilines is 1. The van der Waals surface area contributed by atoms with Crippen LogP contribution in [0.25, 0.3) is 0 Å². The van der Waals surface area contributed by atoms with E-state index in [1.165, 1.54) is 5.01 Å². The van der Waals surface area contributed by atoms with Crippen LogP contribution >= 0.6 is 11.7 Å². The molecule has 2 rings (SSSR count). The first kappa shape index (κ1) is 17.8. The molecule has 0 aliphatic carbocycles. The third kappa shape index (κ3) is 4.98. The van der Waals surface area contributed by atoms with Gasteiger partial charge in [0.05, 0.1) is 42.3 Å². The fourth-order valence-electron chi connectivity index (χ4n) is 2.09. The number of morpholine rings is 1. The van der Waals surface area contributed by atoms with Crippen molar-refractivity contribution in [2.75, 3.05) is 44.4 Å². The zero-order valence-electron chi connectivity index (χ0n) is 13.6. The highest BCUT2D eigenvalue weighted by Crippen LogP contribution is 2.26. The Hall–Kier alpha value is -1.52. The van der Waals surface area contributed by atoms with Crippen LogP contribution in [0, 0.1) is 4.91 Å². The highest BCUT2D eigenvalue weighted by molar-refractivity contribution is 6.99. The average Bonchev–Trinajstić information content (AvgIpc) is 2.98. The number of hydrogen-bond acceptors (Lipinski definition) is 9. The van der Waals surface area contributed by atoms with Crippen molar-refractivity contribution in [1.82, 2.24) is 13.8 Å². The van der Waals surface area contributed by atoms with Crippen LogP contribution in [-0.2, 0) is 4.74 Å². The summed E-state index contributed by atoms with van der Waals surface area (Å²) in [5.74, 6) is 1.07. The van der Waals surface area contributed by atoms with Gasteiger partial charge in [0.2, 0.25) is 5.82 Å². The van der Waals surface area contributed by atoms with Crippen LogP contribution < -0.4 is 9.64 Å². The lowest BCUT2D eigenvalue weighted by molar-refractivity contribution is 0.0326. The van der Waals surface area contributed by atoms with E-state index in [1.54, 1.807) is 0 Å². The lowest BCUT2D eigenvalue weighted by Gasteiger charge is -2.31. The number of nitrogens with zero attached hydrogens (tertiary/aromatic N) is 5. The number of nitroso groups, excluding NO2 is 1. The van der Waals surface area contributed by atoms with Crippen LogP contribution in [0.3, 0.4) is 0 Å². The van der Waals surface area contributed by atoms with E-state index in [2.05, 4.69) is 14.0 Å². The number of β-amino-alcohol motifs (C(OH)–C–C–N with tert-alkyl or cyclic N) is 1. The summed E-state index contributed by atoms with van der Waals surface area (Å²) < 4.78 is 19.3. The third-order valence-electron chi connectivity index (χ3n) is 3.42. The standard InChI is InChI=1S/C13H23N5O4S/c1-13(2,3)18(16-20)8-10(19)9-22-12-11(14-23-15-12)17-4-6-21-7-5-17/h10,19H,4-9H2,1-3H3/t10-/m1/s1. The Morgan fingerprint density at radius 1 is 1.43 bits per heavy atom. The van der Waals surface area contributed by atoms with Gasteiger partial charge >= 0.3 is 0 Å². The summed E-state index contributed by atoms with van der Waals surface area (Å²) in [7, 11) is 0. The minimum Gasteiger partial charge on any atom is -0.472 e. The van der Waals surface area contributed by atoms with E-state index in [1.807, 2.05) is 25.7 Å². The summed E-state index contributed by atoms with van der Waals surface area (Å²) >= 11 is 1.07. The largest absolute Gasteiger partial charge is 0.472 e. The van der Waals surface area contributed by atoms with Crippen LogP contribution in [0.5, 0.6) is 5.88 Å². The highest BCUT2D eigenvalue weighted by atomic mass is 32.1. The molecule has 1 N–H and O–H groups in total. The second-order valence-corrected chi connectivity index (χ2v) is 6.82. The maximum absolute atomic E-state index is 10.9. The fourth-order valence-corrected chi connectivity index (χ4v) is 2.61. The van der Waals surface area contributed by atoms with Crippen molar-refractivity contribution < 1.29 is 14.6 Å². The quantitative estimate of drug-likeness (QED) is 0.574. The Bertz CT molecular complexity index is 501. The summed E-state index contributed by atoms with van der Waals surface area (Å²) in [6.45, 7) is 8.42. The molecule has 1 aromatic rings. The second-order valence-electron chi connectivity index (χ2n) is 6.29.